The molecule has 9 rings (SSSR count). The van der Waals surface area contributed by atoms with E-state index < -0.39 is 71.5 Å². The number of ether oxygens (including phenoxy) is 5. The van der Waals surface area contributed by atoms with Crippen LogP contribution in [-0.2, 0) is 30.3 Å². The van der Waals surface area contributed by atoms with Crippen molar-refractivity contribution in [1.82, 2.24) is 20.4 Å². The summed E-state index contributed by atoms with van der Waals surface area (Å²) in [7, 11) is 3.42. The number of rotatable bonds is 7. The van der Waals surface area contributed by atoms with Crippen LogP contribution < -0.4 is 29.6 Å². The average molecular weight is 815 g/mol. The lowest BCUT2D eigenvalue weighted by Gasteiger charge is -2.62. The molecule has 306 valence electrons. The molecule has 16 heteroatoms. The minimum atomic E-state index is -1.16. The van der Waals surface area contributed by atoms with E-state index in [1.807, 2.05) is 55.3 Å². The smallest absolute Gasteiger partial charge is 0.329 e. The Labute approximate surface area is 339 Å². The zero-order valence-electron chi connectivity index (χ0n) is 32.9. The number of carbonyl (C=O) groups is 4. The number of aryl methyl sites for hydroxylation is 1. The van der Waals surface area contributed by atoms with E-state index in [4.69, 9.17) is 23.7 Å². The van der Waals surface area contributed by atoms with Crippen LogP contribution in [0.5, 0.6) is 28.7 Å². The summed E-state index contributed by atoms with van der Waals surface area (Å²) in [4.78, 5) is 57.1. The predicted octanol–water partition coefficient (Wildman–Crippen LogP) is 3.36. The van der Waals surface area contributed by atoms with Crippen molar-refractivity contribution in [3.05, 3.63) is 81.4 Å². The number of hydrogen-bond donors (Lipinski definition) is 4. The lowest BCUT2D eigenvalue weighted by molar-refractivity contribution is -0.184. The van der Waals surface area contributed by atoms with Crippen LogP contribution in [0.1, 0.15) is 70.1 Å². The Morgan fingerprint density at radius 2 is 1.79 bits per heavy atom. The molecule has 58 heavy (non-hydrogen) atoms. The molecule has 3 aromatic rings. The van der Waals surface area contributed by atoms with Crippen LogP contribution in [0, 0.1) is 13.8 Å². The third kappa shape index (κ3) is 6.61. The average Bonchev–Trinajstić information content (AvgIpc) is 3.69. The van der Waals surface area contributed by atoms with Gasteiger partial charge in [-0.2, -0.15) is 0 Å². The molecule has 0 radical (unpaired) electrons. The normalized spacial score (nSPS) is 26.5. The number of methoxy groups -OCH3 is 1. The minimum Gasteiger partial charge on any atom is -0.504 e. The van der Waals surface area contributed by atoms with Crippen LogP contribution in [0.15, 0.2) is 42.5 Å². The van der Waals surface area contributed by atoms with Crippen LogP contribution >= 0.6 is 11.8 Å². The van der Waals surface area contributed by atoms with E-state index in [9.17, 15) is 29.4 Å². The van der Waals surface area contributed by atoms with Gasteiger partial charge in [-0.1, -0.05) is 36.4 Å². The molecule has 2 saturated heterocycles. The molecule has 0 aliphatic carbocycles. The maximum absolute atomic E-state index is 14.0. The molecular weight excluding hydrogens is 769 g/mol. The van der Waals surface area contributed by atoms with Crippen molar-refractivity contribution in [2.24, 2.45) is 0 Å². The second-order valence-electron chi connectivity index (χ2n) is 15.3. The minimum absolute atomic E-state index is 0.00405. The van der Waals surface area contributed by atoms with Gasteiger partial charge in [-0.15, -0.1) is 11.8 Å². The molecule has 0 saturated carbocycles. The number of likely N-dealkylation sites (N-methyl/N-ethyl adjacent to an activating group) is 1. The van der Waals surface area contributed by atoms with Crippen molar-refractivity contribution in [3.8, 4) is 28.7 Å². The number of benzene rings is 3. The Morgan fingerprint density at radius 3 is 2.52 bits per heavy atom. The van der Waals surface area contributed by atoms with Crippen LogP contribution in [0.2, 0.25) is 0 Å². The molecule has 6 aliphatic rings. The molecular formula is C42H46N4O11S. The summed E-state index contributed by atoms with van der Waals surface area (Å²) in [5.41, 5.74) is 4.79. The number of aliphatic hydroxyl groups excluding tert-OH is 1. The Hall–Kier alpha value is -5.29. The fraction of sp³-hybridized carbons (Fsp3) is 0.429. The third-order valence-corrected chi connectivity index (χ3v) is 13.2. The monoisotopic (exact) mass is 814 g/mol. The van der Waals surface area contributed by atoms with Crippen molar-refractivity contribution < 1.29 is 53.1 Å². The van der Waals surface area contributed by atoms with Gasteiger partial charge in [0, 0.05) is 47.0 Å². The summed E-state index contributed by atoms with van der Waals surface area (Å²) < 4.78 is 29.8. The topological polar surface area (TPSA) is 185 Å². The fourth-order valence-electron chi connectivity index (χ4n) is 9.24. The fourth-order valence-corrected chi connectivity index (χ4v) is 10.7. The summed E-state index contributed by atoms with van der Waals surface area (Å²) >= 11 is 1.31. The predicted molar refractivity (Wildman–Crippen MR) is 212 cm³/mol. The van der Waals surface area contributed by atoms with E-state index in [-0.39, 0.29) is 30.7 Å². The largest absolute Gasteiger partial charge is 0.504 e. The highest BCUT2D eigenvalue weighted by Gasteiger charge is 2.60. The van der Waals surface area contributed by atoms with Gasteiger partial charge < -0.3 is 44.5 Å². The van der Waals surface area contributed by atoms with Gasteiger partial charge in [0.15, 0.2) is 23.0 Å². The number of piperazine rings is 1. The lowest BCUT2D eigenvalue weighted by atomic mass is 9.73. The van der Waals surface area contributed by atoms with Gasteiger partial charge in [-0.3, -0.25) is 24.2 Å². The third-order valence-electron chi connectivity index (χ3n) is 11.8. The first-order chi connectivity index (χ1) is 27.8. The van der Waals surface area contributed by atoms with Crippen LogP contribution in [-0.4, -0.2) is 107 Å². The molecule has 2 fully saturated rings. The van der Waals surface area contributed by atoms with Crippen molar-refractivity contribution >= 4 is 41.6 Å². The molecule has 0 spiro atoms. The Bertz CT molecular complexity index is 2220. The van der Waals surface area contributed by atoms with Crippen molar-refractivity contribution in [3.63, 3.8) is 0 Å². The number of nitrogens with one attached hydrogen (secondary N) is 2. The Kier molecular flexibility index (Phi) is 10.5. The standard InChI is InChI=1S/C42H46N4O11S/c1-19-14-24-15-26-41(51)46-27-16-54-42(52)25(44-40(50)21(3)43-28(48)13-12-23-10-8-7-9-11-23)17-58-39(33(46)32(45(26)5)29(24)34(49)35(19)53-6)31-30(27)38-37(55-18-56-38)20(2)36(31)57-22(4)47/h7-14,21,25-27,32-33,39,41,49,51H,15-18H2,1-6H3,(H,43,48)(H,44,50)/b13-12+/t21?,25-,26-,27-,32+,33?,39+,41-/m0/s1. The second-order valence-corrected chi connectivity index (χ2v) is 16.4. The number of nitrogens with zero attached hydrogens (tertiary/aromatic N) is 2. The van der Waals surface area contributed by atoms with Gasteiger partial charge in [0.25, 0.3) is 0 Å². The molecule has 3 aromatic carbocycles. The molecule has 0 aromatic heterocycles. The van der Waals surface area contributed by atoms with Gasteiger partial charge in [0.05, 0.1) is 30.5 Å². The van der Waals surface area contributed by atoms with Gasteiger partial charge >= 0.3 is 11.9 Å². The van der Waals surface area contributed by atoms with Crippen LogP contribution in [0.4, 0.5) is 0 Å². The van der Waals surface area contributed by atoms with E-state index in [0.717, 1.165) is 16.7 Å². The van der Waals surface area contributed by atoms with Crippen LogP contribution in [0.3, 0.4) is 0 Å². The van der Waals surface area contributed by atoms with Crippen molar-refractivity contribution in [2.75, 3.05) is 33.3 Å². The first-order valence-corrected chi connectivity index (χ1v) is 20.2. The van der Waals surface area contributed by atoms with E-state index >= 15 is 0 Å². The number of esters is 2. The Balaban J connectivity index is 1.21. The number of phenolic OH excluding ortho intramolecular Hbond substituents is 1. The summed E-state index contributed by atoms with van der Waals surface area (Å²) in [6.45, 7) is 6.10. The van der Waals surface area contributed by atoms with Crippen molar-refractivity contribution in [2.45, 2.75) is 81.8 Å². The lowest BCUT2D eigenvalue weighted by Crippen LogP contribution is -2.69. The zero-order chi connectivity index (χ0) is 41.2. The SMILES string of the molecule is COc1c(C)cc2c(c1O)[C@@H]1C3[C@@H]4SC[C@H](NC(=O)C(C)NC(=O)/C=C/c5ccccc5)C(=O)OC[C@@H](c5c6c(c(C)c(OC(C)=O)c54)OCO6)N3[C@@H](O)[C@H](C2)N1C. The number of hydrogen-bond acceptors (Lipinski definition) is 14. The molecule has 4 bridgehead atoms. The van der Waals surface area contributed by atoms with Gasteiger partial charge in [-0.05, 0) is 57.0 Å². The quantitative estimate of drug-likeness (QED) is 0.155. The molecule has 6 heterocycles. The number of phenols is 1. The number of carbonyl (C=O) groups excluding carboxylic acids is 4. The highest BCUT2D eigenvalue weighted by Crippen LogP contribution is 2.63. The maximum Gasteiger partial charge on any atom is 0.329 e. The summed E-state index contributed by atoms with van der Waals surface area (Å²) in [6, 6.07) is 6.62. The number of aliphatic hydroxyl groups is 1. The molecule has 15 nitrogen and oxygen atoms in total. The van der Waals surface area contributed by atoms with Gasteiger partial charge in [-0.25, -0.2) is 4.79 Å². The van der Waals surface area contributed by atoms with E-state index in [1.54, 1.807) is 13.0 Å². The zero-order valence-corrected chi connectivity index (χ0v) is 33.8. The number of amides is 2. The molecule has 2 unspecified atom stereocenters. The number of thioether (sulfide) groups is 1. The number of fused-ring (bicyclic) bond motifs is 10. The summed E-state index contributed by atoms with van der Waals surface area (Å²) in [5.74, 6) is -0.980. The highest BCUT2D eigenvalue weighted by molar-refractivity contribution is 7.99. The summed E-state index contributed by atoms with van der Waals surface area (Å²) in [5, 5.41) is 29.2. The number of aromatic hydroxyl groups is 1. The Morgan fingerprint density at radius 1 is 1.05 bits per heavy atom. The van der Waals surface area contributed by atoms with Gasteiger partial charge in [0.1, 0.15) is 30.7 Å². The van der Waals surface area contributed by atoms with E-state index in [0.29, 0.717) is 45.9 Å². The van der Waals surface area contributed by atoms with E-state index in [1.165, 1.54) is 38.8 Å². The van der Waals surface area contributed by atoms with Crippen LogP contribution in [0.25, 0.3) is 6.08 Å². The van der Waals surface area contributed by atoms with Crippen molar-refractivity contribution in [1.29, 1.82) is 0 Å². The summed E-state index contributed by atoms with van der Waals surface area (Å²) in [6.07, 6.45) is 2.29. The van der Waals surface area contributed by atoms with E-state index in [2.05, 4.69) is 15.5 Å². The maximum atomic E-state index is 14.0. The van der Waals surface area contributed by atoms with Gasteiger partial charge in [0.2, 0.25) is 18.6 Å². The molecule has 8 atom stereocenters. The molecule has 2 amide bonds. The first-order valence-electron chi connectivity index (χ1n) is 19.1. The highest BCUT2D eigenvalue weighted by atomic mass is 32.2. The second kappa shape index (κ2) is 15.5. The molecule has 6 aliphatic heterocycles. The first kappa shape index (κ1) is 39.5. The molecule has 4 N–H and O–H groups in total.